The first-order valence-electron chi connectivity index (χ1n) is 19.4. The van der Waals surface area contributed by atoms with E-state index in [0.29, 0.717) is 72.3 Å². The molecule has 5 N–H and O–H groups in total. The number of H-pyrrole nitrogens is 1. The molecule has 0 bridgehead atoms. The Morgan fingerprint density at radius 3 is 2.59 bits per heavy atom. The number of piperidine rings is 1. The highest BCUT2D eigenvalue weighted by Crippen LogP contribution is 2.39. The topological polar surface area (TPSA) is 153 Å². The number of unbranched alkanes of at least 4 members (excludes halogenated alkanes) is 3. The van der Waals surface area contributed by atoms with Crippen molar-refractivity contribution in [3.8, 4) is 11.5 Å². The lowest BCUT2D eigenvalue weighted by atomic mass is 9.90. The minimum Gasteiger partial charge on any atom is -0.506 e. The summed E-state index contributed by atoms with van der Waals surface area (Å²) in [5, 5.41) is 27.9. The van der Waals surface area contributed by atoms with Gasteiger partial charge in [0.1, 0.15) is 11.5 Å². The van der Waals surface area contributed by atoms with Crippen molar-refractivity contribution in [1.82, 2.24) is 20.5 Å². The molecule has 4 aromatic rings. The fourth-order valence-electron chi connectivity index (χ4n) is 7.74. The number of ether oxygens (including phenoxy) is 2. The van der Waals surface area contributed by atoms with Crippen LogP contribution >= 0.6 is 0 Å². The summed E-state index contributed by atoms with van der Waals surface area (Å²) >= 11 is 0. The number of hydrogen-bond donors (Lipinski definition) is 5. The number of aromatic amines is 1. The molecule has 6 rings (SSSR count). The fraction of sp³-hybridized carbons (Fsp3) is 0.465. The molecule has 0 radical (unpaired) electrons. The van der Waals surface area contributed by atoms with Gasteiger partial charge in [-0.3, -0.25) is 9.59 Å². The highest BCUT2D eigenvalue weighted by molar-refractivity contribution is 5.99. The van der Waals surface area contributed by atoms with Gasteiger partial charge in [-0.1, -0.05) is 49.2 Å². The van der Waals surface area contributed by atoms with Crippen LogP contribution in [-0.2, 0) is 21.5 Å². The van der Waals surface area contributed by atoms with Gasteiger partial charge in [0, 0.05) is 29.6 Å². The molecular weight excluding hydrogens is 684 g/mol. The van der Waals surface area contributed by atoms with Crippen molar-refractivity contribution in [3.63, 3.8) is 0 Å². The van der Waals surface area contributed by atoms with E-state index in [-0.39, 0.29) is 17.2 Å². The standard InChI is InChI=1S/C43H54N4O7/c1-29(2)47-23-19-30(20-24-47)28-54-42(52)43(21-18-31-10-5-6-13-36(31)43)46-41(51)32-11-9-12-33(26-32)53-25-8-4-3-7-22-44-27-38(49)34-14-16-37(48)40-35(34)15-17-39(50)45-40/h5-6,9-17,26,29-30,38,44,48-49H,3-4,7-8,18-25,27-28H2,1-2H3,(H,45,50)(H,46,51). The maximum atomic E-state index is 13.9. The highest BCUT2D eigenvalue weighted by Gasteiger charge is 2.48. The number of carbonyl (C=O) groups is 2. The molecule has 2 atom stereocenters. The number of phenols is 1. The first-order chi connectivity index (χ1) is 26.1. The third-order valence-electron chi connectivity index (χ3n) is 11.0. The zero-order valence-electron chi connectivity index (χ0n) is 31.4. The number of aliphatic hydroxyl groups is 1. The van der Waals surface area contributed by atoms with Crippen molar-refractivity contribution in [2.45, 2.75) is 82.9 Å². The summed E-state index contributed by atoms with van der Waals surface area (Å²) in [6.45, 7) is 8.37. The molecule has 1 aromatic heterocycles. The van der Waals surface area contributed by atoms with E-state index in [9.17, 15) is 24.6 Å². The molecule has 0 spiro atoms. The molecule has 11 nitrogen and oxygen atoms in total. The zero-order valence-corrected chi connectivity index (χ0v) is 31.4. The summed E-state index contributed by atoms with van der Waals surface area (Å²) in [7, 11) is 0. The van der Waals surface area contributed by atoms with Gasteiger partial charge in [0.15, 0.2) is 5.54 Å². The number of rotatable bonds is 17. The lowest BCUT2D eigenvalue weighted by Crippen LogP contribution is -2.51. The van der Waals surface area contributed by atoms with Crippen molar-refractivity contribution in [2.75, 3.05) is 39.4 Å². The molecule has 2 unspecified atom stereocenters. The minimum atomic E-state index is -1.24. The summed E-state index contributed by atoms with van der Waals surface area (Å²) in [5.41, 5.74) is 1.69. The Labute approximate surface area is 317 Å². The summed E-state index contributed by atoms with van der Waals surface area (Å²) < 4.78 is 12.0. The van der Waals surface area contributed by atoms with E-state index in [1.807, 2.05) is 30.3 Å². The Kier molecular flexibility index (Phi) is 13.1. The van der Waals surface area contributed by atoms with E-state index in [0.717, 1.165) is 69.3 Å². The smallest absolute Gasteiger partial charge is 0.336 e. The molecule has 0 saturated carbocycles. The van der Waals surface area contributed by atoms with Crippen LogP contribution in [0.15, 0.2) is 77.6 Å². The van der Waals surface area contributed by atoms with Gasteiger partial charge in [-0.2, -0.15) is 0 Å². The summed E-state index contributed by atoms with van der Waals surface area (Å²) in [6.07, 6.45) is 6.04. The number of amides is 1. The first kappa shape index (κ1) is 39.0. The van der Waals surface area contributed by atoms with E-state index in [2.05, 4.69) is 34.4 Å². The van der Waals surface area contributed by atoms with Crippen molar-refractivity contribution in [1.29, 1.82) is 0 Å². The van der Waals surface area contributed by atoms with E-state index < -0.39 is 17.6 Å². The number of aryl methyl sites for hydroxylation is 1. The minimum absolute atomic E-state index is 0.0324. The number of pyridine rings is 1. The molecule has 1 amide bonds. The van der Waals surface area contributed by atoms with Crippen molar-refractivity contribution >= 4 is 22.8 Å². The van der Waals surface area contributed by atoms with Gasteiger partial charge >= 0.3 is 5.97 Å². The lowest BCUT2D eigenvalue weighted by molar-refractivity contribution is -0.153. The molecular formula is C43H54N4O7. The lowest BCUT2D eigenvalue weighted by Gasteiger charge is -2.35. The molecule has 1 saturated heterocycles. The summed E-state index contributed by atoms with van der Waals surface area (Å²) in [4.78, 5) is 44.4. The van der Waals surface area contributed by atoms with Gasteiger partial charge in [0.2, 0.25) is 5.56 Å². The van der Waals surface area contributed by atoms with E-state index in [4.69, 9.17) is 9.47 Å². The average molecular weight is 739 g/mol. The number of carbonyl (C=O) groups excluding carboxylic acids is 2. The highest BCUT2D eigenvalue weighted by atomic mass is 16.5. The van der Waals surface area contributed by atoms with Crippen LogP contribution < -0.4 is 20.9 Å². The SMILES string of the molecule is CC(C)N1CCC(COC(=O)C2(NC(=O)c3cccc(OCCCCCCNCC(O)c4ccc(O)c5[nH]c(=O)ccc45)c3)CCc3ccccc32)CC1. The predicted molar refractivity (Wildman–Crippen MR) is 209 cm³/mol. The molecule has 1 aliphatic carbocycles. The largest absolute Gasteiger partial charge is 0.506 e. The van der Waals surface area contributed by atoms with Crippen LogP contribution in [0.1, 0.15) is 91.9 Å². The number of hydrogen-bond acceptors (Lipinski definition) is 9. The monoisotopic (exact) mass is 738 g/mol. The first-order valence-corrected chi connectivity index (χ1v) is 19.4. The van der Waals surface area contributed by atoms with E-state index >= 15 is 0 Å². The number of nitrogens with one attached hydrogen (secondary N) is 3. The molecule has 288 valence electrons. The summed E-state index contributed by atoms with van der Waals surface area (Å²) in [5.74, 6) is 0.142. The molecule has 2 heterocycles. The Balaban J connectivity index is 0.941. The Hall–Kier alpha value is -4.71. The van der Waals surface area contributed by atoms with Crippen molar-refractivity contribution < 1.29 is 29.3 Å². The second kappa shape index (κ2) is 18.1. The van der Waals surface area contributed by atoms with Crippen LogP contribution in [0.4, 0.5) is 0 Å². The van der Waals surface area contributed by atoms with Crippen LogP contribution in [0, 0.1) is 5.92 Å². The number of aromatic nitrogens is 1. The number of aliphatic hydroxyl groups excluding tert-OH is 1. The maximum Gasteiger partial charge on any atom is 0.336 e. The van der Waals surface area contributed by atoms with Crippen LogP contribution in [0.5, 0.6) is 11.5 Å². The average Bonchev–Trinajstić information content (AvgIpc) is 3.55. The van der Waals surface area contributed by atoms with Gasteiger partial charge in [0.05, 0.1) is 24.8 Å². The molecule has 54 heavy (non-hydrogen) atoms. The Bertz CT molecular complexity index is 1950. The second-order valence-corrected chi connectivity index (χ2v) is 15.0. The second-order valence-electron chi connectivity index (χ2n) is 15.0. The number of aromatic hydroxyl groups is 1. The number of phenolic OH excluding ortho intramolecular Hbond substituents is 1. The zero-order chi connectivity index (χ0) is 38.1. The summed E-state index contributed by atoms with van der Waals surface area (Å²) in [6, 6.07) is 21.5. The Morgan fingerprint density at radius 2 is 1.78 bits per heavy atom. The van der Waals surface area contributed by atoms with Crippen LogP contribution in [0.3, 0.4) is 0 Å². The normalized spacial score (nSPS) is 18.1. The molecule has 1 fully saturated rings. The number of benzene rings is 3. The third kappa shape index (κ3) is 9.32. The van der Waals surface area contributed by atoms with Gasteiger partial charge in [-0.25, -0.2) is 4.79 Å². The third-order valence-corrected chi connectivity index (χ3v) is 11.0. The Morgan fingerprint density at radius 1 is 0.981 bits per heavy atom. The van der Waals surface area contributed by atoms with Gasteiger partial charge < -0.3 is 40.2 Å². The van der Waals surface area contributed by atoms with Crippen LogP contribution in [0.25, 0.3) is 10.9 Å². The molecule has 11 heteroatoms. The van der Waals surface area contributed by atoms with Crippen molar-refractivity contribution in [3.05, 3.63) is 105 Å². The number of esters is 1. The fourth-order valence-corrected chi connectivity index (χ4v) is 7.74. The van der Waals surface area contributed by atoms with Gasteiger partial charge in [0.25, 0.3) is 5.91 Å². The molecule has 3 aromatic carbocycles. The van der Waals surface area contributed by atoms with Gasteiger partial charge in [-0.05, 0) is 125 Å². The van der Waals surface area contributed by atoms with Gasteiger partial charge in [-0.15, -0.1) is 0 Å². The predicted octanol–water partition coefficient (Wildman–Crippen LogP) is 5.73. The molecule has 2 aliphatic rings. The molecule has 1 aliphatic heterocycles. The number of likely N-dealkylation sites (tertiary alicyclic amines) is 1. The maximum absolute atomic E-state index is 13.9. The van der Waals surface area contributed by atoms with Crippen LogP contribution in [-0.4, -0.2) is 77.4 Å². The van der Waals surface area contributed by atoms with E-state index in [1.54, 1.807) is 30.3 Å². The quantitative estimate of drug-likeness (QED) is 0.0676. The number of fused-ring (bicyclic) bond motifs is 2. The van der Waals surface area contributed by atoms with Crippen LogP contribution in [0.2, 0.25) is 0 Å². The van der Waals surface area contributed by atoms with Crippen molar-refractivity contribution in [2.24, 2.45) is 5.92 Å². The van der Waals surface area contributed by atoms with E-state index in [1.165, 1.54) is 12.1 Å². The number of nitrogens with zero attached hydrogens (tertiary/aromatic N) is 1.